The second-order valence-corrected chi connectivity index (χ2v) is 12.9. The number of rotatable bonds is 7. The van der Waals surface area contributed by atoms with Gasteiger partial charge in [0.05, 0.1) is 39.1 Å². The number of halogens is 3. The number of hydrogen-bond acceptors (Lipinski definition) is 8. The lowest BCUT2D eigenvalue weighted by molar-refractivity contribution is -0.173. The van der Waals surface area contributed by atoms with Crippen molar-refractivity contribution in [3.05, 3.63) is 159 Å². The number of carbonyl (C=O) groups excluding carboxylic acids is 6. The van der Waals surface area contributed by atoms with E-state index in [2.05, 4.69) is 0 Å². The number of amides is 4. The summed E-state index contributed by atoms with van der Waals surface area (Å²) in [5.41, 5.74) is -2.60. The van der Waals surface area contributed by atoms with Crippen LogP contribution in [0.3, 0.4) is 0 Å². The fourth-order valence-corrected chi connectivity index (χ4v) is 6.30. The van der Waals surface area contributed by atoms with E-state index < -0.39 is 47.2 Å². The molecule has 270 valence electrons. The first kappa shape index (κ1) is 35.5. The molecule has 0 bridgehead atoms. The maximum atomic E-state index is 14.9. The molecule has 0 saturated carbocycles. The predicted molar refractivity (Wildman–Crippen MR) is 187 cm³/mol. The first-order valence-corrected chi connectivity index (χ1v) is 16.4. The van der Waals surface area contributed by atoms with Gasteiger partial charge in [0.25, 0.3) is 23.6 Å². The summed E-state index contributed by atoms with van der Waals surface area (Å²) in [5, 5.41) is 0. The van der Waals surface area contributed by atoms with Gasteiger partial charge >= 0.3 is 18.1 Å². The van der Waals surface area contributed by atoms with Gasteiger partial charge in [0.2, 0.25) is 0 Å². The minimum absolute atomic E-state index is 0.0194. The number of ether oxygens (including phenoxy) is 2. The highest BCUT2D eigenvalue weighted by molar-refractivity contribution is 6.34. The van der Waals surface area contributed by atoms with E-state index in [1.54, 1.807) is 24.3 Å². The lowest BCUT2D eigenvalue weighted by Crippen LogP contribution is -2.41. The summed E-state index contributed by atoms with van der Waals surface area (Å²) in [7, 11) is 1.23. The van der Waals surface area contributed by atoms with Crippen molar-refractivity contribution in [2.45, 2.75) is 25.4 Å². The van der Waals surface area contributed by atoms with E-state index in [-0.39, 0.29) is 55.9 Å². The summed E-state index contributed by atoms with van der Waals surface area (Å²) in [4.78, 5) is 78.9. The summed E-state index contributed by atoms with van der Waals surface area (Å²) >= 11 is 0. The third-order valence-electron chi connectivity index (χ3n) is 9.59. The molecule has 2 aliphatic rings. The zero-order valence-corrected chi connectivity index (χ0v) is 28.7. The zero-order valence-electron chi connectivity index (χ0n) is 28.7. The molecule has 10 nitrogen and oxygen atoms in total. The van der Waals surface area contributed by atoms with E-state index in [1.165, 1.54) is 61.6 Å². The first-order valence-electron chi connectivity index (χ1n) is 16.4. The topological polar surface area (TPSA) is 127 Å². The van der Waals surface area contributed by atoms with Gasteiger partial charge in [-0.15, -0.1) is 0 Å². The lowest BCUT2D eigenvalue weighted by atomic mass is 9.74. The molecular weight excluding hydrogens is 705 g/mol. The van der Waals surface area contributed by atoms with E-state index >= 15 is 0 Å². The second kappa shape index (κ2) is 13.0. The first-order chi connectivity index (χ1) is 25.6. The maximum absolute atomic E-state index is 14.9. The van der Waals surface area contributed by atoms with Crippen LogP contribution in [0.1, 0.15) is 85.8 Å². The molecule has 0 radical (unpaired) electrons. The molecule has 0 fully saturated rings. The molecule has 1 atom stereocenters. The normalized spacial score (nSPS) is 14.9. The number of nitrogens with zero attached hydrogens (tertiary/aromatic N) is 2. The average molecular weight is 733 g/mol. The monoisotopic (exact) mass is 732 g/mol. The molecule has 54 heavy (non-hydrogen) atoms. The van der Waals surface area contributed by atoms with Crippen LogP contribution in [0.5, 0.6) is 11.5 Å². The Balaban J connectivity index is 1.08. The largest absolute Gasteiger partial charge is 0.423 e. The molecular formula is C41H27F3N2O8. The SMILES string of the molecule is Cc1ccc(OC(=O)c2ccc(C(=O)Oc3ccc(N4C(=O)c5ccc(C(C)(c6ccc7c(c6)C(=O)N(C)C7=O)C(F)(F)F)cc5C4=O)cc3)cc2)cc1. The molecule has 4 amide bonds. The van der Waals surface area contributed by atoms with Gasteiger partial charge in [-0.3, -0.25) is 24.1 Å². The predicted octanol–water partition coefficient (Wildman–Crippen LogP) is 7.33. The minimum atomic E-state index is -4.93. The van der Waals surface area contributed by atoms with Crippen molar-refractivity contribution in [1.29, 1.82) is 0 Å². The Morgan fingerprint density at radius 2 is 0.963 bits per heavy atom. The van der Waals surface area contributed by atoms with Gasteiger partial charge in [0.1, 0.15) is 16.9 Å². The van der Waals surface area contributed by atoms with Crippen LogP contribution in [-0.4, -0.2) is 53.7 Å². The lowest BCUT2D eigenvalue weighted by Gasteiger charge is -2.33. The fourth-order valence-electron chi connectivity index (χ4n) is 6.30. The molecule has 5 aromatic rings. The maximum Gasteiger partial charge on any atom is 0.402 e. The summed E-state index contributed by atoms with van der Waals surface area (Å²) in [6.45, 7) is 2.80. The van der Waals surface area contributed by atoms with Gasteiger partial charge in [0.15, 0.2) is 0 Å². The van der Waals surface area contributed by atoms with Gasteiger partial charge in [0, 0.05) is 7.05 Å². The van der Waals surface area contributed by atoms with Crippen LogP contribution in [-0.2, 0) is 5.41 Å². The van der Waals surface area contributed by atoms with Gasteiger partial charge < -0.3 is 9.47 Å². The number of anilines is 1. The molecule has 2 aliphatic heterocycles. The molecule has 5 aromatic carbocycles. The van der Waals surface area contributed by atoms with Crippen LogP contribution < -0.4 is 14.4 Å². The van der Waals surface area contributed by atoms with E-state index in [1.807, 2.05) is 6.92 Å². The van der Waals surface area contributed by atoms with Gasteiger partial charge in [-0.1, -0.05) is 29.8 Å². The summed E-state index contributed by atoms with van der Waals surface area (Å²) in [5.74, 6) is -3.95. The molecule has 0 aromatic heterocycles. The number of imide groups is 2. The number of carbonyl (C=O) groups is 6. The Morgan fingerprint density at radius 3 is 1.44 bits per heavy atom. The van der Waals surface area contributed by atoms with Crippen molar-refractivity contribution >= 4 is 41.3 Å². The van der Waals surface area contributed by atoms with E-state index in [9.17, 15) is 41.9 Å². The zero-order chi connectivity index (χ0) is 38.7. The van der Waals surface area contributed by atoms with Gasteiger partial charge in [-0.25, -0.2) is 14.5 Å². The summed E-state index contributed by atoms with van der Waals surface area (Å²) in [6, 6.07) is 24.5. The molecule has 0 spiro atoms. The van der Waals surface area contributed by atoms with Crippen molar-refractivity contribution in [1.82, 2.24) is 4.90 Å². The highest BCUT2D eigenvalue weighted by Crippen LogP contribution is 2.48. The molecule has 2 heterocycles. The van der Waals surface area contributed by atoms with Gasteiger partial charge in [-0.05, 0) is 110 Å². The van der Waals surface area contributed by atoms with Crippen molar-refractivity contribution < 1.29 is 51.4 Å². The number of aryl methyl sites for hydroxylation is 1. The number of alkyl halides is 3. The highest BCUT2D eigenvalue weighted by Gasteiger charge is 2.55. The quantitative estimate of drug-likeness (QED) is 0.0968. The van der Waals surface area contributed by atoms with Crippen LogP contribution in [0.15, 0.2) is 109 Å². The molecule has 7 rings (SSSR count). The average Bonchev–Trinajstić information content (AvgIpc) is 3.54. The van der Waals surface area contributed by atoms with E-state index in [0.717, 1.165) is 52.6 Å². The number of fused-ring (bicyclic) bond motifs is 2. The Hall–Kier alpha value is -6.89. The van der Waals surface area contributed by atoms with Crippen LogP contribution in [0.4, 0.5) is 18.9 Å². The van der Waals surface area contributed by atoms with E-state index in [0.29, 0.717) is 5.75 Å². The minimum Gasteiger partial charge on any atom is -0.423 e. The standard InChI is InChI=1S/C41H27F3N2O8/c1-22-4-14-28(15-5-22)53-38(51)23-6-8-24(9-7-23)39(52)54-29-16-12-27(13-17-29)46-36(49)31-19-11-26(21-33(31)37(46)50)40(2,41(42,43)44)25-10-18-30-32(20-25)35(48)45(3)34(30)47/h4-21H,1-3H3. The molecule has 0 N–H and O–H groups in total. The number of esters is 2. The fraction of sp³-hybridized carbons (Fsp3) is 0.122. The van der Waals surface area contributed by atoms with Crippen molar-refractivity contribution in [2.24, 2.45) is 0 Å². The molecule has 0 saturated heterocycles. The van der Waals surface area contributed by atoms with Crippen LogP contribution >= 0.6 is 0 Å². The van der Waals surface area contributed by atoms with Crippen LogP contribution in [0.2, 0.25) is 0 Å². The molecule has 13 heteroatoms. The molecule has 0 aliphatic carbocycles. The summed E-state index contributed by atoms with van der Waals surface area (Å²) in [6.07, 6.45) is -4.93. The second-order valence-electron chi connectivity index (χ2n) is 12.9. The highest BCUT2D eigenvalue weighted by atomic mass is 19.4. The van der Waals surface area contributed by atoms with Crippen molar-refractivity contribution in [2.75, 3.05) is 11.9 Å². The van der Waals surface area contributed by atoms with Crippen LogP contribution in [0, 0.1) is 6.92 Å². The molecule has 1 unspecified atom stereocenters. The number of hydrogen-bond donors (Lipinski definition) is 0. The number of benzene rings is 5. The smallest absolute Gasteiger partial charge is 0.402 e. The third-order valence-corrected chi connectivity index (χ3v) is 9.59. The van der Waals surface area contributed by atoms with Gasteiger partial charge in [-0.2, -0.15) is 13.2 Å². The summed E-state index contributed by atoms with van der Waals surface area (Å²) < 4.78 is 55.6. The van der Waals surface area contributed by atoms with E-state index in [4.69, 9.17) is 9.47 Å². The van der Waals surface area contributed by atoms with Crippen molar-refractivity contribution in [3.63, 3.8) is 0 Å². The van der Waals surface area contributed by atoms with Crippen LogP contribution in [0.25, 0.3) is 0 Å². The Morgan fingerprint density at radius 1 is 0.556 bits per heavy atom. The Labute approximate surface area is 305 Å². The third kappa shape index (κ3) is 5.89. The Bertz CT molecular complexity index is 2420. The van der Waals surface area contributed by atoms with Crippen molar-refractivity contribution in [3.8, 4) is 11.5 Å². The Kier molecular flexibility index (Phi) is 8.52.